The van der Waals surface area contributed by atoms with Gasteiger partial charge in [0.1, 0.15) is 28.9 Å². The predicted molar refractivity (Wildman–Crippen MR) is 109 cm³/mol. The highest BCUT2D eigenvalue weighted by Gasteiger charge is 2.32. The molecular weight excluding hydrogens is 352 g/mol. The van der Waals surface area contributed by atoms with Crippen molar-refractivity contribution in [2.75, 3.05) is 0 Å². The molecular formula is C24H20O4. The van der Waals surface area contributed by atoms with Gasteiger partial charge in [0.15, 0.2) is 5.78 Å². The molecule has 0 fully saturated rings. The van der Waals surface area contributed by atoms with Gasteiger partial charge in [-0.3, -0.25) is 4.79 Å². The minimum atomic E-state index is -0.440. The molecule has 0 saturated carbocycles. The van der Waals surface area contributed by atoms with Crippen LogP contribution in [0.25, 0.3) is 12.2 Å². The second-order valence-corrected chi connectivity index (χ2v) is 6.92. The van der Waals surface area contributed by atoms with E-state index in [1.54, 1.807) is 12.2 Å². The third-order valence-electron chi connectivity index (χ3n) is 4.89. The first kappa shape index (κ1) is 17.9. The van der Waals surface area contributed by atoms with Gasteiger partial charge in [-0.15, -0.1) is 0 Å². The number of ether oxygens (including phenoxy) is 1. The third kappa shape index (κ3) is 3.37. The fraction of sp³-hybridized carbons (Fsp3) is 0.125. The second kappa shape index (κ2) is 7.24. The number of Topliss-reactive ketones (excluding diaryl/α,β-unsaturated/α-hetero) is 1. The maximum Gasteiger partial charge on any atom is 0.174 e. The summed E-state index contributed by atoms with van der Waals surface area (Å²) in [6.45, 7) is 1.99. The molecule has 1 atom stereocenters. The molecule has 1 aliphatic heterocycles. The molecule has 0 bridgehead atoms. The number of phenolic OH excluding ortho intramolecular Hbond substituents is 2. The molecule has 2 N–H and O–H groups in total. The Bertz CT molecular complexity index is 1050. The smallest absolute Gasteiger partial charge is 0.174 e. The number of fused-ring (bicyclic) bond motifs is 1. The third-order valence-corrected chi connectivity index (χ3v) is 4.89. The molecule has 4 rings (SSSR count). The topological polar surface area (TPSA) is 66.8 Å². The first-order valence-corrected chi connectivity index (χ1v) is 9.11. The molecule has 0 aliphatic carbocycles. The van der Waals surface area contributed by atoms with Crippen molar-refractivity contribution in [1.29, 1.82) is 0 Å². The van der Waals surface area contributed by atoms with Gasteiger partial charge in [-0.1, -0.05) is 66.2 Å². The Hall–Kier alpha value is -3.53. The lowest BCUT2D eigenvalue weighted by atomic mass is 9.93. The highest BCUT2D eigenvalue weighted by atomic mass is 16.5. The first-order chi connectivity index (χ1) is 13.5. The minimum Gasteiger partial charge on any atom is -0.507 e. The fourth-order valence-electron chi connectivity index (χ4n) is 3.35. The van der Waals surface area contributed by atoms with Crippen molar-refractivity contribution in [3.63, 3.8) is 0 Å². The molecule has 140 valence electrons. The van der Waals surface area contributed by atoms with E-state index in [2.05, 4.69) is 0 Å². The molecule has 4 heteroatoms. The highest BCUT2D eigenvalue weighted by molar-refractivity contribution is 6.04. The lowest BCUT2D eigenvalue weighted by Crippen LogP contribution is -2.20. The molecule has 0 spiro atoms. The van der Waals surface area contributed by atoms with E-state index in [9.17, 15) is 15.0 Å². The van der Waals surface area contributed by atoms with Gasteiger partial charge in [0.2, 0.25) is 0 Å². The van der Waals surface area contributed by atoms with Crippen LogP contribution in [0, 0.1) is 6.92 Å². The summed E-state index contributed by atoms with van der Waals surface area (Å²) in [5, 5.41) is 21.0. The van der Waals surface area contributed by atoms with Crippen molar-refractivity contribution in [1.82, 2.24) is 0 Å². The molecule has 0 amide bonds. The Morgan fingerprint density at radius 3 is 2.43 bits per heavy atom. The van der Waals surface area contributed by atoms with Gasteiger partial charge in [-0.2, -0.15) is 0 Å². The van der Waals surface area contributed by atoms with E-state index in [1.165, 1.54) is 6.07 Å². The van der Waals surface area contributed by atoms with Gasteiger partial charge >= 0.3 is 0 Å². The van der Waals surface area contributed by atoms with Crippen LogP contribution >= 0.6 is 0 Å². The highest BCUT2D eigenvalue weighted by Crippen LogP contribution is 2.45. The van der Waals surface area contributed by atoms with Crippen LogP contribution in [0.1, 0.15) is 45.1 Å². The van der Waals surface area contributed by atoms with Gasteiger partial charge in [0.05, 0.1) is 12.0 Å². The Kier molecular flexibility index (Phi) is 4.62. The number of aromatic hydroxyl groups is 2. The van der Waals surface area contributed by atoms with Crippen molar-refractivity contribution in [3.8, 4) is 17.2 Å². The summed E-state index contributed by atoms with van der Waals surface area (Å²) in [7, 11) is 0. The number of rotatable bonds is 3. The van der Waals surface area contributed by atoms with Crippen LogP contribution in [0.3, 0.4) is 0 Å². The number of aryl methyl sites for hydroxylation is 1. The lowest BCUT2D eigenvalue weighted by Gasteiger charge is -2.27. The average molecular weight is 372 g/mol. The molecule has 1 heterocycles. The zero-order chi connectivity index (χ0) is 19.7. The Morgan fingerprint density at radius 1 is 1.00 bits per heavy atom. The molecule has 0 aromatic heterocycles. The number of carbonyl (C=O) groups excluding carboxylic acids is 1. The van der Waals surface area contributed by atoms with Crippen molar-refractivity contribution in [2.45, 2.75) is 19.4 Å². The van der Waals surface area contributed by atoms with Crippen LogP contribution in [0.4, 0.5) is 0 Å². The zero-order valence-corrected chi connectivity index (χ0v) is 15.4. The Balaban J connectivity index is 1.69. The summed E-state index contributed by atoms with van der Waals surface area (Å²) in [4.78, 5) is 12.7. The summed E-state index contributed by atoms with van der Waals surface area (Å²) in [6.07, 6.45) is 3.06. The molecule has 0 saturated heterocycles. The van der Waals surface area contributed by atoms with E-state index in [4.69, 9.17) is 4.74 Å². The van der Waals surface area contributed by atoms with E-state index in [0.29, 0.717) is 0 Å². The first-order valence-electron chi connectivity index (χ1n) is 9.11. The van der Waals surface area contributed by atoms with Crippen LogP contribution in [-0.4, -0.2) is 16.0 Å². The molecule has 1 aliphatic rings. The number of benzene rings is 3. The monoisotopic (exact) mass is 372 g/mol. The van der Waals surface area contributed by atoms with E-state index in [0.717, 1.165) is 16.7 Å². The lowest BCUT2D eigenvalue weighted by molar-refractivity contribution is 0.0845. The summed E-state index contributed by atoms with van der Waals surface area (Å²) >= 11 is 0. The quantitative estimate of drug-likeness (QED) is 0.614. The van der Waals surface area contributed by atoms with Gasteiger partial charge in [-0.25, -0.2) is 0 Å². The summed E-state index contributed by atoms with van der Waals surface area (Å²) in [5.74, 6) is -0.400. The largest absolute Gasteiger partial charge is 0.507 e. The predicted octanol–water partition coefficient (Wildman–Crippen LogP) is 5.28. The van der Waals surface area contributed by atoms with E-state index in [1.807, 2.05) is 61.5 Å². The van der Waals surface area contributed by atoms with Crippen molar-refractivity contribution < 1.29 is 19.7 Å². The molecule has 28 heavy (non-hydrogen) atoms. The van der Waals surface area contributed by atoms with Crippen LogP contribution in [-0.2, 0) is 0 Å². The number of hydrogen-bond acceptors (Lipinski definition) is 4. The standard InChI is InChI=1S/C24H20O4/c1-15-7-10-17(11-8-15)21-14-20(26)23-22(28-21)13-19(25)18(24(23)27)12-9-16-5-3-2-4-6-16/h2-13,21,25,27H,14H2,1H3/b12-9+. The SMILES string of the molecule is Cc1ccc(C2CC(=O)c3c(cc(O)c(/C=C/c4ccccc4)c3O)O2)cc1. The summed E-state index contributed by atoms with van der Waals surface area (Å²) in [5.41, 5.74) is 3.25. The molecule has 3 aromatic rings. The summed E-state index contributed by atoms with van der Waals surface area (Å²) < 4.78 is 5.94. The second-order valence-electron chi connectivity index (χ2n) is 6.92. The van der Waals surface area contributed by atoms with Crippen molar-refractivity contribution in [3.05, 3.63) is 88.5 Å². The maximum absolute atomic E-state index is 12.7. The van der Waals surface area contributed by atoms with Crippen molar-refractivity contribution in [2.24, 2.45) is 0 Å². The van der Waals surface area contributed by atoms with Crippen LogP contribution < -0.4 is 4.74 Å². The number of phenols is 2. The average Bonchev–Trinajstić information content (AvgIpc) is 2.68. The van der Waals surface area contributed by atoms with Crippen molar-refractivity contribution >= 4 is 17.9 Å². The van der Waals surface area contributed by atoms with Crippen LogP contribution in [0.15, 0.2) is 60.7 Å². The van der Waals surface area contributed by atoms with E-state index in [-0.39, 0.29) is 40.6 Å². The van der Waals surface area contributed by atoms with Gasteiger partial charge in [0, 0.05) is 6.07 Å². The van der Waals surface area contributed by atoms with Gasteiger partial charge in [0.25, 0.3) is 0 Å². The normalized spacial score (nSPS) is 16.0. The molecule has 3 aromatic carbocycles. The molecule has 4 nitrogen and oxygen atoms in total. The Labute approximate surface area is 163 Å². The zero-order valence-electron chi connectivity index (χ0n) is 15.4. The number of carbonyl (C=O) groups is 1. The molecule has 0 radical (unpaired) electrons. The fourth-order valence-corrected chi connectivity index (χ4v) is 3.35. The number of ketones is 1. The Morgan fingerprint density at radius 2 is 1.71 bits per heavy atom. The summed E-state index contributed by atoms with van der Waals surface area (Å²) in [6, 6.07) is 18.7. The van der Waals surface area contributed by atoms with Crippen LogP contribution in [0.5, 0.6) is 17.2 Å². The molecule has 1 unspecified atom stereocenters. The number of hydrogen-bond donors (Lipinski definition) is 2. The van der Waals surface area contributed by atoms with E-state index >= 15 is 0 Å². The van der Waals surface area contributed by atoms with Crippen LogP contribution in [0.2, 0.25) is 0 Å². The maximum atomic E-state index is 12.7. The minimum absolute atomic E-state index is 0.119. The van der Waals surface area contributed by atoms with Gasteiger partial charge in [-0.05, 0) is 24.1 Å². The van der Waals surface area contributed by atoms with Gasteiger partial charge < -0.3 is 14.9 Å². The van der Waals surface area contributed by atoms with E-state index < -0.39 is 6.10 Å².